The van der Waals surface area contributed by atoms with Crippen LogP contribution in [0.15, 0.2) is 30.3 Å². The number of hydrogen-bond donors (Lipinski definition) is 1. The van der Waals surface area contributed by atoms with E-state index in [-0.39, 0.29) is 5.91 Å². The molecular weight excluding hydrogens is 362 g/mol. The van der Waals surface area contributed by atoms with Gasteiger partial charge in [-0.2, -0.15) is 0 Å². The molecule has 1 amide bonds. The van der Waals surface area contributed by atoms with Gasteiger partial charge in [0.25, 0.3) is 0 Å². The predicted octanol–water partition coefficient (Wildman–Crippen LogP) is 5.71. The molecule has 144 valence electrons. The number of rotatable bonds is 7. The van der Waals surface area contributed by atoms with Crippen LogP contribution in [-0.2, 0) is 4.79 Å². The third-order valence-corrected chi connectivity index (χ3v) is 4.34. The second kappa shape index (κ2) is 9.47. The highest BCUT2D eigenvalue weighted by Crippen LogP contribution is 2.36. The Balaban J connectivity index is 2.18. The number of anilines is 1. The van der Waals surface area contributed by atoms with Crippen molar-refractivity contribution in [3.63, 3.8) is 0 Å². The minimum absolute atomic E-state index is 0.202. The van der Waals surface area contributed by atoms with Crippen molar-refractivity contribution < 1.29 is 14.3 Å². The Hall–Kier alpha value is -2.46. The Morgan fingerprint density at radius 2 is 1.81 bits per heavy atom. The van der Waals surface area contributed by atoms with E-state index in [1.165, 1.54) is 11.6 Å². The Morgan fingerprint density at radius 1 is 1.15 bits per heavy atom. The van der Waals surface area contributed by atoms with Crippen molar-refractivity contribution in [3.8, 4) is 11.5 Å². The number of carbonyl (C=O) groups is 1. The van der Waals surface area contributed by atoms with Crippen LogP contribution in [0.1, 0.15) is 35.6 Å². The van der Waals surface area contributed by atoms with E-state index >= 15 is 0 Å². The van der Waals surface area contributed by atoms with E-state index in [4.69, 9.17) is 21.1 Å². The lowest BCUT2D eigenvalue weighted by Crippen LogP contribution is -2.10. The summed E-state index contributed by atoms with van der Waals surface area (Å²) in [5, 5.41) is 3.40. The molecule has 0 heterocycles. The van der Waals surface area contributed by atoms with Crippen LogP contribution in [0.25, 0.3) is 6.08 Å². The van der Waals surface area contributed by atoms with Crippen LogP contribution >= 0.6 is 11.6 Å². The van der Waals surface area contributed by atoms with Crippen LogP contribution in [0.2, 0.25) is 5.02 Å². The standard InChI is InChI=1S/C22H26ClNO3/c1-6-9-27-22-18(23)12-17(13-19(22)26-5)7-8-20(25)24-21-15(3)10-14(2)11-16(21)4/h7-8,10-13H,6,9H2,1-5H3,(H,24,25)/b8-7+. The van der Waals surface area contributed by atoms with Gasteiger partial charge < -0.3 is 14.8 Å². The number of carbonyl (C=O) groups excluding carboxylic acids is 1. The summed E-state index contributed by atoms with van der Waals surface area (Å²) in [5.41, 5.74) is 4.85. The van der Waals surface area contributed by atoms with Crippen molar-refractivity contribution in [1.29, 1.82) is 0 Å². The number of halogens is 1. The van der Waals surface area contributed by atoms with Gasteiger partial charge in [0, 0.05) is 11.8 Å². The summed E-state index contributed by atoms with van der Waals surface area (Å²) in [4.78, 5) is 12.3. The minimum atomic E-state index is -0.202. The number of nitrogens with one attached hydrogen (secondary N) is 1. The van der Waals surface area contributed by atoms with Gasteiger partial charge in [0.15, 0.2) is 11.5 Å². The van der Waals surface area contributed by atoms with Crippen molar-refractivity contribution >= 4 is 29.3 Å². The van der Waals surface area contributed by atoms with Gasteiger partial charge in [0.05, 0.1) is 18.7 Å². The van der Waals surface area contributed by atoms with E-state index in [1.54, 1.807) is 25.3 Å². The molecule has 2 aromatic carbocycles. The van der Waals surface area contributed by atoms with Gasteiger partial charge in [-0.25, -0.2) is 0 Å². The molecule has 4 nitrogen and oxygen atoms in total. The first-order valence-corrected chi connectivity index (χ1v) is 9.30. The van der Waals surface area contributed by atoms with Crippen molar-refractivity contribution in [2.45, 2.75) is 34.1 Å². The number of amides is 1. The zero-order chi connectivity index (χ0) is 20.0. The third kappa shape index (κ3) is 5.51. The number of ether oxygens (including phenoxy) is 2. The Bertz CT molecular complexity index is 836. The largest absolute Gasteiger partial charge is 0.493 e. The van der Waals surface area contributed by atoms with Crippen LogP contribution in [0.4, 0.5) is 5.69 Å². The van der Waals surface area contributed by atoms with E-state index in [2.05, 4.69) is 5.32 Å². The number of aryl methyl sites for hydroxylation is 3. The summed E-state index contributed by atoms with van der Waals surface area (Å²) in [6.07, 6.45) is 4.06. The first kappa shape index (κ1) is 20.8. The smallest absolute Gasteiger partial charge is 0.248 e. The molecule has 0 saturated carbocycles. The maximum Gasteiger partial charge on any atom is 0.248 e. The topological polar surface area (TPSA) is 47.6 Å². The van der Waals surface area contributed by atoms with Gasteiger partial charge in [-0.1, -0.05) is 36.2 Å². The molecule has 0 bridgehead atoms. The molecule has 0 fully saturated rings. The van der Waals surface area contributed by atoms with Gasteiger partial charge in [0.1, 0.15) is 0 Å². The van der Waals surface area contributed by atoms with Gasteiger partial charge in [-0.05, 0) is 62.1 Å². The van der Waals surface area contributed by atoms with Crippen molar-refractivity contribution in [1.82, 2.24) is 0 Å². The second-order valence-electron chi connectivity index (χ2n) is 6.48. The van der Waals surface area contributed by atoms with Crippen molar-refractivity contribution in [2.24, 2.45) is 0 Å². The van der Waals surface area contributed by atoms with E-state index in [1.807, 2.05) is 39.8 Å². The number of hydrogen-bond acceptors (Lipinski definition) is 3. The Labute approximate surface area is 166 Å². The van der Waals surface area contributed by atoms with Gasteiger partial charge in [-0.15, -0.1) is 0 Å². The number of methoxy groups -OCH3 is 1. The first-order chi connectivity index (χ1) is 12.8. The molecule has 0 atom stereocenters. The fourth-order valence-electron chi connectivity index (χ4n) is 2.89. The molecule has 0 aromatic heterocycles. The molecule has 2 aromatic rings. The lowest BCUT2D eigenvalue weighted by Gasteiger charge is -2.13. The average Bonchev–Trinajstić information content (AvgIpc) is 2.61. The molecule has 0 aliphatic carbocycles. The van der Waals surface area contributed by atoms with E-state index in [0.717, 1.165) is 28.8 Å². The highest BCUT2D eigenvalue weighted by atomic mass is 35.5. The lowest BCUT2D eigenvalue weighted by molar-refractivity contribution is -0.111. The second-order valence-corrected chi connectivity index (χ2v) is 6.89. The minimum Gasteiger partial charge on any atom is -0.493 e. The Kier molecular flexibility index (Phi) is 7.31. The van der Waals surface area contributed by atoms with E-state index in [0.29, 0.717) is 23.1 Å². The molecule has 1 N–H and O–H groups in total. The molecule has 2 rings (SSSR count). The fraction of sp³-hybridized carbons (Fsp3) is 0.318. The molecular formula is C22H26ClNO3. The molecule has 5 heteroatoms. The van der Waals surface area contributed by atoms with Gasteiger partial charge >= 0.3 is 0 Å². The fourth-order valence-corrected chi connectivity index (χ4v) is 3.17. The lowest BCUT2D eigenvalue weighted by atomic mass is 10.1. The van der Waals surface area contributed by atoms with Crippen LogP contribution in [0.3, 0.4) is 0 Å². The van der Waals surface area contributed by atoms with Crippen LogP contribution in [0, 0.1) is 20.8 Å². The third-order valence-electron chi connectivity index (χ3n) is 4.05. The normalized spacial score (nSPS) is 10.9. The van der Waals surface area contributed by atoms with Gasteiger partial charge in [-0.3, -0.25) is 4.79 Å². The monoisotopic (exact) mass is 387 g/mol. The molecule has 27 heavy (non-hydrogen) atoms. The first-order valence-electron chi connectivity index (χ1n) is 8.93. The summed E-state index contributed by atoms with van der Waals surface area (Å²) in [6.45, 7) is 8.59. The van der Waals surface area contributed by atoms with Crippen molar-refractivity contribution in [3.05, 3.63) is 57.6 Å². The Morgan fingerprint density at radius 3 is 2.41 bits per heavy atom. The molecule has 0 unspecified atom stereocenters. The van der Waals surface area contributed by atoms with E-state index in [9.17, 15) is 4.79 Å². The number of benzene rings is 2. The summed E-state index contributed by atoms with van der Waals surface area (Å²) in [7, 11) is 1.56. The SMILES string of the molecule is CCCOc1c(Cl)cc(/C=C/C(=O)Nc2c(C)cc(C)cc2C)cc1OC. The summed E-state index contributed by atoms with van der Waals surface area (Å²) in [6, 6.07) is 7.64. The summed E-state index contributed by atoms with van der Waals surface area (Å²) in [5.74, 6) is 0.862. The molecule has 0 aliphatic heterocycles. The predicted molar refractivity (Wildman–Crippen MR) is 112 cm³/mol. The maximum absolute atomic E-state index is 12.3. The van der Waals surface area contributed by atoms with Crippen LogP contribution in [-0.4, -0.2) is 19.6 Å². The highest BCUT2D eigenvalue weighted by molar-refractivity contribution is 6.32. The molecule has 0 radical (unpaired) electrons. The zero-order valence-electron chi connectivity index (χ0n) is 16.5. The zero-order valence-corrected chi connectivity index (χ0v) is 17.2. The summed E-state index contributed by atoms with van der Waals surface area (Å²) < 4.78 is 11.0. The van der Waals surface area contributed by atoms with E-state index < -0.39 is 0 Å². The maximum atomic E-state index is 12.3. The average molecular weight is 388 g/mol. The molecule has 0 spiro atoms. The van der Waals surface area contributed by atoms with Crippen molar-refractivity contribution in [2.75, 3.05) is 19.0 Å². The molecule has 0 aliphatic rings. The van der Waals surface area contributed by atoms with Crippen LogP contribution in [0.5, 0.6) is 11.5 Å². The summed E-state index contributed by atoms with van der Waals surface area (Å²) >= 11 is 6.31. The van der Waals surface area contributed by atoms with Crippen LogP contribution < -0.4 is 14.8 Å². The molecule has 0 saturated heterocycles. The quantitative estimate of drug-likeness (QED) is 0.618. The van der Waals surface area contributed by atoms with Gasteiger partial charge in [0.2, 0.25) is 5.91 Å². The highest BCUT2D eigenvalue weighted by Gasteiger charge is 2.11.